The summed E-state index contributed by atoms with van der Waals surface area (Å²) in [5, 5.41) is 2.83. The van der Waals surface area contributed by atoms with Crippen LogP contribution in [-0.4, -0.2) is 24.6 Å². The first-order chi connectivity index (χ1) is 7.36. The topological polar surface area (TPSA) is 42.0 Å². The van der Waals surface area contributed by atoms with E-state index in [9.17, 15) is 4.79 Å². The molecule has 16 heavy (non-hydrogen) atoms. The van der Waals surface area contributed by atoms with Gasteiger partial charge in [-0.25, -0.2) is 0 Å². The van der Waals surface area contributed by atoms with E-state index in [0.29, 0.717) is 5.59 Å². The summed E-state index contributed by atoms with van der Waals surface area (Å²) in [6.07, 6.45) is 0. The standard InChI is InChI=1S/C11H14BClN2O/c1-7-8(4-5-9(12)14-7)11(2,3)15-10(16)6-13/h4-5H,6H2,1-3H3,(H,15,16). The van der Waals surface area contributed by atoms with Crippen LogP contribution >= 0.6 is 11.6 Å². The monoisotopic (exact) mass is 236 g/mol. The van der Waals surface area contributed by atoms with Gasteiger partial charge in [-0.05, 0) is 31.9 Å². The third-order valence-electron chi connectivity index (χ3n) is 2.35. The molecule has 0 bridgehead atoms. The fourth-order valence-corrected chi connectivity index (χ4v) is 1.76. The largest absolute Gasteiger partial charge is 0.346 e. The van der Waals surface area contributed by atoms with Gasteiger partial charge in [0.2, 0.25) is 5.91 Å². The molecule has 0 unspecified atom stereocenters. The number of pyridine rings is 1. The van der Waals surface area contributed by atoms with Crippen LogP contribution in [0.25, 0.3) is 0 Å². The Balaban J connectivity index is 3.02. The van der Waals surface area contributed by atoms with E-state index in [-0.39, 0.29) is 11.8 Å². The molecular formula is C11H14BClN2O. The Labute approximate surface area is 102 Å². The van der Waals surface area contributed by atoms with Gasteiger partial charge in [0.1, 0.15) is 13.7 Å². The molecule has 2 radical (unpaired) electrons. The van der Waals surface area contributed by atoms with Crippen LogP contribution in [0.4, 0.5) is 0 Å². The van der Waals surface area contributed by atoms with Crippen molar-refractivity contribution < 1.29 is 4.79 Å². The summed E-state index contributed by atoms with van der Waals surface area (Å²) in [6, 6.07) is 3.59. The number of carbonyl (C=O) groups is 1. The van der Waals surface area contributed by atoms with Gasteiger partial charge in [0.05, 0.1) is 5.54 Å². The molecule has 0 atom stereocenters. The van der Waals surface area contributed by atoms with Gasteiger partial charge in [-0.15, -0.1) is 11.6 Å². The fraction of sp³-hybridized carbons (Fsp3) is 0.455. The Kier molecular flexibility index (Phi) is 3.97. The first-order valence-electron chi connectivity index (χ1n) is 4.97. The van der Waals surface area contributed by atoms with E-state index in [4.69, 9.17) is 19.4 Å². The summed E-state index contributed by atoms with van der Waals surface area (Å²) in [7, 11) is 5.58. The highest BCUT2D eigenvalue weighted by Crippen LogP contribution is 2.21. The molecule has 1 N–H and O–H groups in total. The second-order valence-corrected chi connectivity index (χ2v) is 4.44. The van der Waals surface area contributed by atoms with Crippen LogP contribution in [0.2, 0.25) is 0 Å². The van der Waals surface area contributed by atoms with E-state index >= 15 is 0 Å². The van der Waals surface area contributed by atoms with Crippen molar-refractivity contribution in [1.29, 1.82) is 0 Å². The van der Waals surface area contributed by atoms with Crippen LogP contribution in [0.5, 0.6) is 0 Å². The van der Waals surface area contributed by atoms with Crippen molar-refractivity contribution in [2.75, 3.05) is 5.88 Å². The van der Waals surface area contributed by atoms with Gasteiger partial charge < -0.3 is 5.32 Å². The summed E-state index contributed by atoms with van der Waals surface area (Å²) in [4.78, 5) is 15.5. The van der Waals surface area contributed by atoms with E-state index in [1.807, 2.05) is 26.8 Å². The lowest BCUT2D eigenvalue weighted by Gasteiger charge is -2.28. The highest BCUT2D eigenvalue weighted by Gasteiger charge is 2.24. The Morgan fingerprint density at radius 1 is 1.56 bits per heavy atom. The maximum atomic E-state index is 11.3. The summed E-state index contributed by atoms with van der Waals surface area (Å²) in [5.41, 5.74) is 1.71. The number of rotatable bonds is 3. The van der Waals surface area contributed by atoms with Crippen LogP contribution in [0.3, 0.4) is 0 Å². The Morgan fingerprint density at radius 3 is 2.69 bits per heavy atom. The van der Waals surface area contributed by atoms with Gasteiger partial charge in [-0.3, -0.25) is 9.78 Å². The normalized spacial score (nSPS) is 11.2. The minimum Gasteiger partial charge on any atom is -0.346 e. The van der Waals surface area contributed by atoms with Gasteiger partial charge in [0, 0.05) is 5.69 Å². The molecule has 84 valence electrons. The van der Waals surface area contributed by atoms with Crippen LogP contribution < -0.4 is 10.9 Å². The van der Waals surface area contributed by atoms with Gasteiger partial charge in [0.25, 0.3) is 0 Å². The lowest BCUT2D eigenvalue weighted by atomic mass is 9.91. The quantitative estimate of drug-likeness (QED) is 0.622. The van der Waals surface area contributed by atoms with E-state index in [1.54, 1.807) is 6.07 Å². The van der Waals surface area contributed by atoms with Gasteiger partial charge in [-0.2, -0.15) is 0 Å². The second kappa shape index (κ2) is 4.87. The van der Waals surface area contributed by atoms with Crippen LogP contribution in [-0.2, 0) is 10.3 Å². The average molecular weight is 237 g/mol. The zero-order valence-electron chi connectivity index (χ0n) is 9.67. The first-order valence-corrected chi connectivity index (χ1v) is 5.51. The van der Waals surface area contributed by atoms with Gasteiger partial charge in [0.15, 0.2) is 0 Å². The maximum absolute atomic E-state index is 11.3. The van der Waals surface area contributed by atoms with Crippen LogP contribution in [0, 0.1) is 6.92 Å². The summed E-state index contributed by atoms with van der Waals surface area (Å²) in [5.74, 6) is -0.256. The molecule has 1 heterocycles. The molecule has 0 aliphatic carbocycles. The number of halogens is 1. The highest BCUT2D eigenvalue weighted by molar-refractivity contribution is 6.30. The molecule has 3 nitrogen and oxygen atoms in total. The van der Waals surface area contributed by atoms with Gasteiger partial charge in [-0.1, -0.05) is 12.1 Å². The van der Waals surface area contributed by atoms with E-state index < -0.39 is 5.54 Å². The van der Waals surface area contributed by atoms with Crippen molar-refractivity contribution in [2.24, 2.45) is 0 Å². The third-order valence-corrected chi connectivity index (χ3v) is 2.60. The van der Waals surface area contributed by atoms with Crippen molar-refractivity contribution in [1.82, 2.24) is 10.3 Å². The third kappa shape index (κ3) is 2.98. The molecule has 1 aromatic rings. The molecular weight excluding hydrogens is 222 g/mol. The molecule has 5 heteroatoms. The second-order valence-electron chi connectivity index (χ2n) is 4.18. The predicted molar refractivity (Wildman–Crippen MR) is 66.3 cm³/mol. The number of alkyl halides is 1. The Bertz CT molecular complexity index is 407. The van der Waals surface area contributed by atoms with E-state index in [1.165, 1.54) is 0 Å². The lowest BCUT2D eigenvalue weighted by Crippen LogP contribution is -2.42. The number of carbonyl (C=O) groups excluding carboxylic acids is 1. The summed E-state index contributed by atoms with van der Waals surface area (Å²) < 4.78 is 0. The molecule has 1 rings (SSSR count). The number of hydrogen-bond acceptors (Lipinski definition) is 2. The average Bonchev–Trinajstić information content (AvgIpc) is 2.16. The number of aromatic nitrogens is 1. The summed E-state index contributed by atoms with van der Waals surface area (Å²) >= 11 is 5.46. The lowest BCUT2D eigenvalue weighted by molar-refractivity contribution is -0.120. The van der Waals surface area contributed by atoms with Crippen LogP contribution in [0.1, 0.15) is 25.1 Å². The number of nitrogens with zero attached hydrogens (tertiary/aromatic N) is 1. The maximum Gasteiger partial charge on any atom is 0.235 e. The molecule has 0 fully saturated rings. The molecule has 1 amide bonds. The molecule has 1 aromatic heterocycles. The first kappa shape index (κ1) is 13.0. The van der Waals surface area contributed by atoms with Crippen molar-refractivity contribution in [3.8, 4) is 0 Å². The molecule has 0 aromatic carbocycles. The Hall–Kier alpha value is -1.03. The zero-order valence-corrected chi connectivity index (χ0v) is 10.4. The molecule has 0 saturated carbocycles. The molecule has 0 aliphatic heterocycles. The van der Waals surface area contributed by atoms with Gasteiger partial charge >= 0.3 is 0 Å². The molecule has 0 saturated heterocycles. The molecule has 0 spiro atoms. The van der Waals surface area contributed by atoms with Crippen molar-refractivity contribution >= 4 is 30.9 Å². The smallest absolute Gasteiger partial charge is 0.235 e. The number of amides is 1. The van der Waals surface area contributed by atoms with Crippen molar-refractivity contribution in [3.05, 3.63) is 23.4 Å². The molecule has 0 aliphatic rings. The SMILES string of the molecule is [B]c1ccc(C(C)(C)NC(=O)CCl)c(C)n1. The van der Waals surface area contributed by atoms with E-state index in [2.05, 4.69) is 10.3 Å². The fourth-order valence-electron chi connectivity index (χ4n) is 1.69. The van der Waals surface area contributed by atoms with Crippen molar-refractivity contribution in [2.45, 2.75) is 26.3 Å². The number of hydrogen-bond donors (Lipinski definition) is 1. The van der Waals surface area contributed by atoms with Crippen molar-refractivity contribution in [3.63, 3.8) is 0 Å². The zero-order chi connectivity index (χ0) is 12.3. The number of aryl methyl sites for hydroxylation is 1. The highest BCUT2D eigenvalue weighted by atomic mass is 35.5. The minimum absolute atomic E-state index is 0.0507. The van der Waals surface area contributed by atoms with Crippen LogP contribution in [0.15, 0.2) is 12.1 Å². The van der Waals surface area contributed by atoms with E-state index in [0.717, 1.165) is 11.3 Å². The summed E-state index contributed by atoms with van der Waals surface area (Å²) in [6.45, 7) is 5.66. The predicted octanol–water partition coefficient (Wildman–Crippen LogP) is 0.774. The minimum atomic E-state index is -0.503. The Morgan fingerprint density at radius 2 is 2.19 bits per heavy atom. The number of nitrogens with one attached hydrogen (secondary N) is 1.